The molecule has 2 N–H and O–H groups in total. The lowest BCUT2D eigenvalue weighted by molar-refractivity contribution is -0.124. The van der Waals surface area contributed by atoms with E-state index in [2.05, 4.69) is 20.6 Å². The highest BCUT2D eigenvalue weighted by Gasteiger charge is 2.28. The van der Waals surface area contributed by atoms with Gasteiger partial charge in [-0.15, -0.1) is 0 Å². The maximum Gasteiger partial charge on any atom is 0.242 e. The van der Waals surface area contributed by atoms with Gasteiger partial charge in [0.25, 0.3) is 0 Å². The van der Waals surface area contributed by atoms with Gasteiger partial charge in [-0.25, -0.2) is 0 Å². The SMILES string of the molecule is CNC(C(=O)NC1CCN(CC2CC2)CC1)c1cnn(C)c1. The van der Waals surface area contributed by atoms with E-state index in [9.17, 15) is 4.79 Å². The van der Waals surface area contributed by atoms with E-state index in [1.165, 1.54) is 19.4 Å². The molecule has 1 saturated carbocycles. The number of hydrogen-bond donors (Lipinski definition) is 2. The summed E-state index contributed by atoms with van der Waals surface area (Å²) in [7, 11) is 3.68. The van der Waals surface area contributed by atoms with Crippen LogP contribution in [-0.2, 0) is 11.8 Å². The van der Waals surface area contributed by atoms with Crippen LogP contribution in [0.15, 0.2) is 12.4 Å². The van der Waals surface area contributed by atoms with E-state index in [1.54, 1.807) is 10.9 Å². The molecule has 0 spiro atoms. The number of carbonyl (C=O) groups is 1. The Morgan fingerprint density at radius 2 is 2.09 bits per heavy atom. The van der Waals surface area contributed by atoms with Crippen LogP contribution in [0.4, 0.5) is 0 Å². The molecule has 22 heavy (non-hydrogen) atoms. The number of hydrogen-bond acceptors (Lipinski definition) is 4. The minimum atomic E-state index is -0.321. The van der Waals surface area contributed by atoms with Gasteiger partial charge in [-0.2, -0.15) is 5.10 Å². The molecule has 1 atom stereocenters. The molecule has 1 amide bonds. The Labute approximate surface area is 132 Å². The Bertz CT molecular complexity index is 502. The van der Waals surface area contributed by atoms with Gasteiger partial charge in [0.05, 0.1) is 6.20 Å². The van der Waals surface area contributed by atoms with Crippen molar-refractivity contribution < 1.29 is 4.79 Å². The van der Waals surface area contributed by atoms with Gasteiger partial charge in [0.1, 0.15) is 6.04 Å². The standard InChI is InChI=1S/C16H27N5O/c1-17-15(13-9-18-20(2)11-13)16(22)19-14-5-7-21(8-6-14)10-12-3-4-12/h9,11-12,14-15,17H,3-8,10H2,1-2H3,(H,19,22). The molecule has 2 heterocycles. The first-order valence-corrected chi connectivity index (χ1v) is 8.34. The van der Waals surface area contributed by atoms with Gasteiger partial charge in [0.15, 0.2) is 0 Å². The summed E-state index contributed by atoms with van der Waals surface area (Å²) in [6.07, 6.45) is 8.57. The zero-order valence-corrected chi connectivity index (χ0v) is 13.6. The van der Waals surface area contributed by atoms with Crippen LogP contribution in [0.1, 0.15) is 37.3 Å². The van der Waals surface area contributed by atoms with E-state index in [4.69, 9.17) is 0 Å². The van der Waals surface area contributed by atoms with E-state index < -0.39 is 0 Å². The summed E-state index contributed by atoms with van der Waals surface area (Å²) in [5.41, 5.74) is 0.911. The number of aryl methyl sites for hydroxylation is 1. The lowest BCUT2D eigenvalue weighted by atomic mass is 10.0. The molecule has 6 heteroatoms. The van der Waals surface area contributed by atoms with Gasteiger partial charge >= 0.3 is 0 Å². The van der Waals surface area contributed by atoms with Crippen LogP contribution in [-0.4, -0.2) is 53.3 Å². The number of likely N-dealkylation sites (tertiary alicyclic amines) is 1. The number of likely N-dealkylation sites (N-methyl/N-ethyl adjacent to an activating group) is 1. The van der Waals surface area contributed by atoms with Crippen molar-refractivity contribution in [2.24, 2.45) is 13.0 Å². The van der Waals surface area contributed by atoms with Crippen molar-refractivity contribution in [3.05, 3.63) is 18.0 Å². The molecule has 1 aromatic heterocycles. The van der Waals surface area contributed by atoms with Crippen molar-refractivity contribution in [1.29, 1.82) is 0 Å². The summed E-state index contributed by atoms with van der Waals surface area (Å²) < 4.78 is 1.73. The van der Waals surface area contributed by atoms with Crippen LogP contribution in [0.5, 0.6) is 0 Å². The Balaban J connectivity index is 1.48. The summed E-state index contributed by atoms with van der Waals surface area (Å²) >= 11 is 0. The summed E-state index contributed by atoms with van der Waals surface area (Å²) in [6.45, 7) is 3.48. The van der Waals surface area contributed by atoms with Gasteiger partial charge in [-0.3, -0.25) is 9.48 Å². The third-order valence-electron chi connectivity index (χ3n) is 4.76. The van der Waals surface area contributed by atoms with Crippen molar-refractivity contribution in [3.63, 3.8) is 0 Å². The van der Waals surface area contributed by atoms with E-state index in [1.807, 2.05) is 20.3 Å². The van der Waals surface area contributed by atoms with Crippen LogP contribution in [0.3, 0.4) is 0 Å². The second-order valence-electron chi connectivity index (χ2n) is 6.70. The molecular weight excluding hydrogens is 278 g/mol. The highest BCUT2D eigenvalue weighted by Crippen LogP contribution is 2.30. The Hall–Kier alpha value is -1.40. The van der Waals surface area contributed by atoms with Crippen molar-refractivity contribution in [2.45, 2.75) is 37.8 Å². The van der Waals surface area contributed by atoms with E-state index >= 15 is 0 Å². The molecule has 1 aliphatic carbocycles. The van der Waals surface area contributed by atoms with Crippen LogP contribution in [0.25, 0.3) is 0 Å². The molecule has 1 unspecified atom stereocenters. The fourth-order valence-corrected chi connectivity index (χ4v) is 3.25. The molecule has 2 fully saturated rings. The summed E-state index contributed by atoms with van der Waals surface area (Å²) in [5, 5.41) is 10.4. The molecule has 1 aliphatic heterocycles. The van der Waals surface area contributed by atoms with Crippen molar-refractivity contribution in [3.8, 4) is 0 Å². The fourth-order valence-electron chi connectivity index (χ4n) is 3.25. The van der Waals surface area contributed by atoms with Crippen LogP contribution >= 0.6 is 0 Å². The molecule has 0 aromatic carbocycles. The first-order chi connectivity index (χ1) is 10.7. The third kappa shape index (κ3) is 3.87. The van der Waals surface area contributed by atoms with E-state index in [0.29, 0.717) is 6.04 Å². The quantitative estimate of drug-likeness (QED) is 0.811. The molecular formula is C16H27N5O. The molecule has 122 valence electrons. The predicted octanol–water partition coefficient (Wildman–Crippen LogP) is 0.671. The topological polar surface area (TPSA) is 62.2 Å². The number of nitrogens with zero attached hydrogens (tertiary/aromatic N) is 3. The zero-order valence-electron chi connectivity index (χ0n) is 13.6. The van der Waals surface area contributed by atoms with Crippen molar-refractivity contribution in [2.75, 3.05) is 26.7 Å². The zero-order chi connectivity index (χ0) is 15.5. The number of aromatic nitrogens is 2. The predicted molar refractivity (Wildman–Crippen MR) is 85.3 cm³/mol. The van der Waals surface area contributed by atoms with Crippen molar-refractivity contribution >= 4 is 5.91 Å². The normalized spacial score (nSPS) is 21.7. The fraction of sp³-hybridized carbons (Fsp3) is 0.750. The third-order valence-corrected chi connectivity index (χ3v) is 4.76. The first-order valence-electron chi connectivity index (χ1n) is 8.34. The summed E-state index contributed by atoms with van der Waals surface area (Å²) in [5.74, 6) is 1.00. The van der Waals surface area contributed by atoms with Gasteiger partial charge < -0.3 is 15.5 Å². The highest BCUT2D eigenvalue weighted by molar-refractivity contribution is 5.83. The molecule has 0 radical (unpaired) electrons. The lowest BCUT2D eigenvalue weighted by Crippen LogP contribution is -2.47. The average Bonchev–Trinajstić information content (AvgIpc) is 3.22. The maximum atomic E-state index is 12.5. The minimum Gasteiger partial charge on any atom is -0.352 e. The van der Waals surface area contributed by atoms with Gasteiger partial charge in [0.2, 0.25) is 5.91 Å². The van der Waals surface area contributed by atoms with Crippen LogP contribution < -0.4 is 10.6 Å². The largest absolute Gasteiger partial charge is 0.352 e. The molecule has 3 rings (SSSR count). The number of amides is 1. The highest BCUT2D eigenvalue weighted by atomic mass is 16.2. The molecule has 1 aromatic rings. The summed E-state index contributed by atoms with van der Waals surface area (Å²) in [6, 6.07) is -0.0198. The monoisotopic (exact) mass is 305 g/mol. The van der Waals surface area contributed by atoms with Crippen LogP contribution in [0, 0.1) is 5.92 Å². The average molecular weight is 305 g/mol. The molecule has 0 bridgehead atoms. The number of rotatable bonds is 6. The van der Waals surface area contributed by atoms with Crippen LogP contribution in [0.2, 0.25) is 0 Å². The summed E-state index contributed by atoms with van der Waals surface area (Å²) in [4.78, 5) is 15.0. The smallest absolute Gasteiger partial charge is 0.242 e. The van der Waals surface area contributed by atoms with Gasteiger partial charge in [-0.1, -0.05) is 0 Å². The van der Waals surface area contributed by atoms with Gasteiger partial charge in [-0.05, 0) is 38.6 Å². The lowest BCUT2D eigenvalue weighted by Gasteiger charge is -2.33. The van der Waals surface area contributed by atoms with E-state index in [-0.39, 0.29) is 11.9 Å². The number of piperidine rings is 1. The second-order valence-corrected chi connectivity index (χ2v) is 6.70. The molecule has 2 aliphatic rings. The number of nitrogens with one attached hydrogen (secondary N) is 2. The second kappa shape index (κ2) is 6.79. The van der Waals surface area contributed by atoms with Crippen molar-refractivity contribution in [1.82, 2.24) is 25.3 Å². The Morgan fingerprint density at radius 3 is 2.64 bits per heavy atom. The van der Waals surface area contributed by atoms with Gasteiger partial charge in [0, 0.05) is 44.5 Å². The minimum absolute atomic E-state index is 0.0520. The molecule has 6 nitrogen and oxygen atoms in total. The Morgan fingerprint density at radius 1 is 1.36 bits per heavy atom. The molecule has 1 saturated heterocycles. The first kappa shape index (κ1) is 15.5. The number of carbonyl (C=O) groups excluding carboxylic acids is 1. The Kier molecular flexibility index (Phi) is 4.78. The maximum absolute atomic E-state index is 12.5. The van der Waals surface area contributed by atoms with E-state index in [0.717, 1.165) is 37.4 Å².